The summed E-state index contributed by atoms with van der Waals surface area (Å²) in [6, 6.07) is 1.04. The lowest BCUT2D eigenvalue weighted by Gasteiger charge is -2.21. The first kappa shape index (κ1) is 19.5. The van der Waals surface area contributed by atoms with Crippen LogP contribution >= 0.6 is 0 Å². The van der Waals surface area contributed by atoms with Gasteiger partial charge in [-0.3, -0.25) is 4.79 Å². The second-order valence-corrected chi connectivity index (χ2v) is 6.12. The smallest absolute Gasteiger partial charge is 0.408 e. The molecule has 1 unspecified atom stereocenters. The highest BCUT2D eigenvalue weighted by Crippen LogP contribution is 2.14. The number of halogens is 2. The van der Waals surface area contributed by atoms with E-state index in [2.05, 4.69) is 5.32 Å². The largest absolute Gasteiger partial charge is 0.480 e. The Kier molecular flexibility index (Phi) is 6.39. The van der Waals surface area contributed by atoms with Crippen LogP contribution in [0.1, 0.15) is 44.0 Å². The quantitative estimate of drug-likeness (QED) is 0.775. The molecule has 24 heavy (non-hydrogen) atoms. The number of nitrogens with one attached hydrogen (secondary N) is 1. The summed E-state index contributed by atoms with van der Waals surface area (Å²) in [6.45, 7) is 4.83. The van der Waals surface area contributed by atoms with Gasteiger partial charge in [0.25, 0.3) is 0 Å². The van der Waals surface area contributed by atoms with Gasteiger partial charge in [0, 0.05) is 6.42 Å². The second-order valence-electron chi connectivity index (χ2n) is 6.12. The number of carbonyl (C=O) groups is 3. The van der Waals surface area contributed by atoms with E-state index in [4.69, 9.17) is 9.84 Å². The summed E-state index contributed by atoms with van der Waals surface area (Å²) < 4.78 is 31.5. The number of aliphatic carboxylic acids is 1. The Hall–Kier alpha value is -2.51. The highest BCUT2D eigenvalue weighted by Gasteiger charge is 2.25. The Balaban J connectivity index is 2.70. The highest BCUT2D eigenvalue weighted by atomic mass is 19.1. The summed E-state index contributed by atoms with van der Waals surface area (Å²) in [6.07, 6.45) is -1.62. The lowest BCUT2D eigenvalue weighted by atomic mass is 10.0. The number of carboxylic acid groups (broad SMARTS) is 1. The number of ether oxygens (including phenoxy) is 1. The molecule has 0 saturated carbocycles. The lowest BCUT2D eigenvalue weighted by molar-refractivity contribution is -0.139. The molecule has 1 amide bonds. The van der Waals surface area contributed by atoms with E-state index < -0.39 is 46.7 Å². The molecular weight excluding hydrogens is 324 g/mol. The number of ketones is 1. The van der Waals surface area contributed by atoms with E-state index in [9.17, 15) is 23.2 Å². The minimum atomic E-state index is -1.39. The van der Waals surface area contributed by atoms with Gasteiger partial charge >= 0.3 is 12.1 Å². The van der Waals surface area contributed by atoms with Crippen molar-refractivity contribution in [2.24, 2.45) is 0 Å². The fraction of sp³-hybridized carbons (Fsp3) is 0.438. The van der Waals surface area contributed by atoms with Gasteiger partial charge in [0.05, 0.1) is 5.56 Å². The third kappa shape index (κ3) is 6.31. The van der Waals surface area contributed by atoms with E-state index in [-0.39, 0.29) is 12.8 Å². The lowest BCUT2D eigenvalue weighted by Crippen LogP contribution is -2.43. The van der Waals surface area contributed by atoms with E-state index in [1.807, 2.05) is 0 Å². The van der Waals surface area contributed by atoms with Crippen molar-refractivity contribution in [1.29, 1.82) is 0 Å². The number of amides is 1. The van der Waals surface area contributed by atoms with Crippen molar-refractivity contribution in [3.8, 4) is 0 Å². The SMILES string of the molecule is CC(C)(C)OC(=O)NC(CCC(=O)c1cc(F)ccc1F)C(=O)O. The predicted octanol–water partition coefficient (Wildman–Crippen LogP) is 2.91. The number of Topliss-reactive ketones (excluding diaryl/α,β-unsaturated/α-hetero) is 1. The van der Waals surface area contributed by atoms with Crippen LogP contribution in [0.2, 0.25) is 0 Å². The molecule has 2 N–H and O–H groups in total. The van der Waals surface area contributed by atoms with E-state index >= 15 is 0 Å². The van der Waals surface area contributed by atoms with E-state index in [0.717, 1.165) is 18.2 Å². The summed E-state index contributed by atoms with van der Waals surface area (Å²) >= 11 is 0. The van der Waals surface area contributed by atoms with Crippen molar-refractivity contribution >= 4 is 17.8 Å². The molecule has 132 valence electrons. The fourth-order valence-electron chi connectivity index (χ4n) is 1.83. The molecule has 0 saturated heterocycles. The van der Waals surface area contributed by atoms with Gasteiger partial charge in [-0.15, -0.1) is 0 Å². The van der Waals surface area contributed by atoms with E-state index in [0.29, 0.717) is 0 Å². The third-order valence-corrected chi connectivity index (χ3v) is 2.88. The van der Waals surface area contributed by atoms with Crippen LogP contribution in [-0.2, 0) is 9.53 Å². The molecule has 0 aliphatic rings. The summed E-state index contributed by atoms with van der Waals surface area (Å²) in [7, 11) is 0. The minimum Gasteiger partial charge on any atom is -0.480 e. The Morgan fingerprint density at radius 1 is 1.25 bits per heavy atom. The molecule has 6 nitrogen and oxygen atoms in total. The van der Waals surface area contributed by atoms with Gasteiger partial charge in [-0.2, -0.15) is 0 Å². The maximum absolute atomic E-state index is 13.5. The molecule has 0 fully saturated rings. The number of hydrogen-bond donors (Lipinski definition) is 2. The van der Waals surface area contributed by atoms with Gasteiger partial charge in [0.15, 0.2) is 5.78 Å². The molecule has 0 spiro atoms. The van der Waals surface area contributed by atoms with Crippen LogP contribution < -0.4 is 5.32 Å². The summed E-state index contributed by atoms with van der Waals surface area (Å²) in [5, 5.41) is 11.2. The Bertz CT molecular complexity index is 640. The number of hydrogen-bond acceptors (Lipinski definition) is 4. The van der Waals surface area contributed by atoms with Gasteiger partial charge in [-0.25, -0.2) is 18.4 Å². The number of benzene rings is 1. The van der Waals surface area contributed by atoms with Crippen LogP contribution in [0.5, 0.6) is 0 Å². The number of carbonyl (C=O) groups excluding carboxylic acids is 2. The first-order valence-corrected chi connectivity index (χ1v) is 7.20. The molecule has 0 bridgehead atoms. The molecule has 0 aliphatic carbocycles. The standard InChI is InChI=1S/C16H19F2NO5/c1-16(2,3)24-15(23)19-12(14(21)22)6-7-13(20)10-8-9(17)4-5-11(10)18/h4-5,8,12H,6-7H2,1-3H3,(H,19,23)(H,21,22). The van der Waals surface area contributed by atoms with Crippen molar-refractivity contribution in [2.45, 2.75) is 45.3 Å². The summed E-state index contributed by atoms with van der Waals surface area (Å²) in [5.41, 5.74) is -1.27. The third-order valence-electron chi connectivity index (χ3n) is 2.88. The second kappa shape index (κ2) is 7.85. The molecular formula is C16H19F2NO5. The highest BCUT2D eigenvalue weighted by molar-refractivity contribution is 5.96. The van der Waals surface area contributed by atoms with Crippen LogP contribution in [0, 0.1) is 11.6 Å². The van der Waals surface area contributed by atoms with Crippen LogP contribution in [0.3, 0.4) is 0 Å². The van der Waals surface area contributed by atoms with Crippen molar-refractivity contribution < 1.29 is 33.0 Å². The molecule has 1 aromatic rings. The average molecular weight is 343 g/mol. The van der Waals surface area contributed by atoms with Gasteiger partial charge in [-0.1, -0.05) is 0 Å². The van der Waals surface area contributed by atoms with Crippen LogP contribution in [0.15, 0.2) is 18.2 Å². The fourth-order valence-corrected chi connectivity index (χ4v) is 1.83. The Morgan fingerprint density at radius 2 is 1.88 bits per heavy atom. The number of carboxylic acids is 1. The normalized spacial score (nSPS) is 12.4. The molecule has 0 radical (unpaired) electrons. The van der Waals surface area contributed by atoms with Gasteiger partial charge in [0.2, 0.25) is 0 Å². The van der Waals surface area contributed by atoms with Crippen molar-refractivity contribution in [1.82, 2.24) is 5.32 Å². The van der Waals surface area contributed by atoms with Crippen LogP contribution in [0.4, 0.5) is 13.6 Å². The topological polar surface area (TPSA) is 92.7 Å². The average Bonchev–Trinajstić information content (AvgIpc) is 2.43. The summed E-state index contributed by atoms with van der Waals surface area (Å²) in [5.74, 6) is -3.80. The minimum absolute atomic E-state index is 0.288. The number of rotatable bonds is 6. The zero-order valence-corrected chi connectivity index (χ0v) is 13.6. The van der Waals surface area contributed by atoms with Crippen molar-refractivity contribution in [2.75, 3.05) is 0 Å². The predicted molar refractivity (Wildman–Crippen MR) is 80.7 cm³/mol. The van der Waals surface area contributed by atoms with Crippen molar-refractivity contribution in [3.63, 3.8) is 0 Å². The first-order valence-electron chi connectivity index (χ1n) is 7.20. The molecule has 1 atom stereocenters. The summed E-state index contributed by atoms with van der Waals surface area (Å²) in [4.78, 5) is 34.7. The van der Waals surface area contributed by atoms with Crippen LogP contribution in [0.25, 0.3) is 0 Å². The van der Waals surface area contributed by atoms with E-state index in [1.165, 1.54) is 0 Å². The maximum atomic E-state index is 13.5. The van der Waals surface area contributed by atoms with Gasteiger partial charge in [-0.05, 0) is 45.4 Å². The zero-order chi connectivity index (χ0) is 18.5. The van der Waals surface area contributed by atoms with Crippen LogP contribution in [-0.4, -0.2) is 34.6 Å². The van der Waals surface area contributed by atoms with Crippen molar-refractivity contribution in [3.05, 3.63) is 35.4 Å². The van der Waals surface area contributed by atoms with E-state index in [1.54, 1.807) is 20.8 Å². The monoisotopic (exact) mass is 343 g/mol. The number of alkyl carbamates (subject to hydrolysis) is 1. The molecule has 1 aromatic carbocycles. The molecule has 0 heterocycles. The zero-order valence-electron chi connectivity index (χ0n) is 13.6. The molecule has 0 aromatic heterocycles. The van der Waals surface area contributed by atoms with Gasteiger partial charge < -0.3 is 15.2 Å². The Labute approximate surface area is 137 Å². The van der Waals surface area contributed by atoms with Gasteiger partial charge in [0.1, 0.15) is 23.3 Å². The maximum Gasteiger partial charge on any atom is 0.408 e. The Morgan fingerprint density at radius 3 is 2.42 bits per heavy atom. The molecule has 1 rings (SSSR count). The molecule has 0 aliphatic heterocycles. The molecule has 8 heteroatoms. The first-order chi connectivity index (χ1) is 11.0.